The van der Waals surface area contributed by atoms with Crippen molar-refractivity contribution in [3.8, 4) is 16.9 Å². The Labute approximate surface area is 224 Å². The highest BCUT2D eigenvalue weighted by Gasteiger charge is 2.22. The first-order valence-electron chi connectivity index (χ1n) is 12.8. The van der Waals surface area contributed by atoms with Crippen molar-refractivity contribution in [3.05, 3.63) is 118 Å². The molecule has 0 saturated carbocycles. The van der Waals surface area contributed by atoms with Crippen LogP contribution in [0.15, 0.2) is 78.9 Å². The molecule has 4 aromatic carbocycles. The van der Waals surface area contributed by atoms with E-state index in [1.807, 2.05) is 76.2 Å². The van der Waals surface area contributed by atoms with E-state index in [9.17, 15) is 15.0 Å². The number of allylic oxidation sites excluding steroid dienone is 3. The van der Waals surface area contributed by atoms with Crippen molar-refractivity contribution in [1.82, 2.24) is 0 Å². The van der Waals surface area contributed by atoms with E-state index >= 15 is 0 Å². The van der Waals surface area contributed by atoms with Crippen molar-refractivity contribution in [2.24, 2.45) is 0 Å². The number of phenols is 1. The van der Waals surface area contributed by atoms with Crippen LogP contribution < -0.4 is 0 Å². The topological polar surface area (TPSA) is 66.8 Å². The maximum atomic E-state index is 12.3. The molecule has 4 rings (SSSR count). The molecule has 4 heteroatoms. The van der Waals surface area contributed by atoms with E-state index in [0.29, 0.717) is 23.3 Å². The normalized spacial score (nSPS) is 12.0. The van der Waals surface area contributed by atoms with E-state index in [1.54, 1.807) is 13.0 Å². The number of phenolic OH excluding ortho intramolecular Hbond substituents is 1. The monoisotopic (exact) mass is 506 g/mol. The number of rotatable bonds is 8. The number of benzene rings is 4. The van der Waals surface area contributed by atoms with Gasteiger partial charge in [0.2, 0.25) is 0 Å². The standard InChI is InChI=1S/C34H34O4/c1-6-10-28(35)18-30(36)32-24(5)14-22(3)16-29(32)33-27(20-38-19-25-11-8-7-9-12-25)17-26-15-21(2)13-23(4)31(26)34(33)37/h6-18,36-37H,19-20H2,1-5H3/b10-6+,30-18-. The number of aryl methyl sites for hydroxylation is 4. The second kappa shape index (κ2) is 11.5. The zero-order chi connectivity index (χ0) is 27.4. The number of aliphatic hydroxyl groups is 1. The van der Waals surface area contributed by atoms with Gasteiger partial charge in [-0.15, -0.1) is 0 Å². The number of hydrogen-bond acceptors (Lipinski definition) is 4. The summed E-state index contributed by atoms with van der Waals surface area (Å²) < 4.78 is 6.14. The van der Waals surface area contributed by atoms with Crippen LogP contribution in [0.5, 0.6) is 5.75 Å². The molecule has 0 amide bonds. The predicted octanol–water partition coefficient (Wildman–Crippen LogP) is 8.21. The van der Waals surface area contributed by atoms with Gasteiger partial charge < -0.3 is 14.9 Å². The highest BCUT2D eigenvalue weighted by Crippen LogP contribution is 2.44. The summed E-state index contributed by atoms with van der Waals surface area (Å²) in [4.78, 5) is 12.3. The fraction of sp³-hybridized carbons (Fsp3) is 0.206. The third-order valence-corrected chi connectivity index (χ3v) is 6.62. The fourth-order valence-electron chi connectivity index (χ4n) is 5.17. The molecule has 0 aliphatic rings. The second-order valence-corrected chi connectivity index (χ2v) is 9.85. The minimum absolute atomic E-state index is 0.136. The van der Waals surface area contributed by atoms with Gasteiger partial charge in [0.1, 0.15) is 11.5 Å². The van der Waals surface area contributed by atoms with Gasteiger partial charge in [0.15, 0.2) is 5.78 Å². The first-order chi connectivity index (χ1) is 18.2. The van der Waals surface area contributed by atoms with Gasteiger partial charge in [0, 0.05) is 22.6 Å². The molecule has 0 aliphatic carbocycles. The van der Waals surface area contributed by atoms with Crippen LogP contribution in [0.1, 0.15) is 45.9 Å². The third kappa shape index (κ3) is 5.71. The van der Waals surface area contributed by atoms with Gasteiger partial charge >= 0.3 is 0 Å². The largest absolute Gasteiger partial charge is 0.507 e. The molecule has 0 spiro atoms. The Morgan fingerprint density at radius 2 is 1.58 bits per heavy atom. The van der Waals surface area contributed by atoms with Gasteiger partial charge in [0.05, 0.1) is 13.2 Å². The molecule has 0 heterocycles. The number of aromatic hydroxyl groups is 1. The lowest BCUT2D eigenvalue weighted by molar-refractivity contribution is -0.110. The average Bonchev–Trinajstić information content (AvgIpc) is 2.83. The first kappa shape index (κ1) is 26.9. The molecule has 0 bridgehead atoms. The molecule has 194 valence electrons. The Morgan fingerprint density at radius 1 is 0.895 bits per heavy atom. The Kier molecular flexibility index (Phi) is 8.13. The van der Waals surface area contributed by atoms with Crippen LogP contribution in [0, 0.1) is 27.7 Å². The molecule has 0 aromatic heterocycles. The summed E-state index contributed by atoms with van der Waals surface area (Å²) in [6, 6.07) is 20.0. The predicted molar refractivity (Wildman–Crippen MR) is 155 cm³/mol. The molecule has 2 N–H and O–H groups in total. The fourth-order valence-corrected chi connectivity index (χ4v) is 5.17. The summed E-state index contributed by atoms with van der Waals surface area (Å²) in [6.45, 7) is 10.3. The van der Waals surface area contributed by atoms with Crippen LogP contribution >= 0.6 is 0 Å². The molecule has 0 unspecified atom stereocenters. The summed E-state index contributed by atoms with van der Waals surface area (Å²) >= 11 is 0. The van der Waals surface area contributed by atoms with E-state index in [0.717, 1.165) is 44.2 Å². The van der Waals surface area contributed by atoms with Gasteiger partial charge in [-0.2, -0.15) is 0 Å². The first-order valence-corrected chi connectivity index (χ1v) is 12.8. The van der Waals surface area contributed by atoms with E-state index < -0.39 is 0 Å². The quantitative estimate of drug-likeness (QED) is 0.187. The van der Waals surface area contributed by atoms with E-state index in [-0.39, 0.29) is 23.9 Å². The zero-order valence-electron chi connectivity index (χ0n) is 22.6. The number of hydrogen-bond donors (Lipinski definition) is 2. The summed E-state index contributed by atoms with van der Waals surface area (Å²) in [5.74, 6) is -0.314. The number of fused-ring (bicyclic) bond motifs is 1. The third-order valence-electron chi connectivity index (χ3n) is 6.62. The van der Waals surface area contributed by atoms with E-state index in [1.165, 1.54) is 12.2 Å². The summed E-state index contributed by atoms with van der Waals surface area (Å²) in [7, 11) is 0. The van der Waals surface area contributed by atoms with Gasteiger partial charge in [-0.05, 0) is 80.0 Å². The van der Waals surface area contributed by atoms with Crippen molar-refractivity contribution in [1.29, 1.82) is 0 Å². The van der Waals surface area contributed by atoms with Crippen LogP contribution in [0.2, 0.25) is 0 Å². The maximum Gasteiger partial charge on any atom is 0.182 e. The summed E-state index contributed by atoms with van der Waals surface area (Å²) in [5, 5.41) is 24.6. The zero-order valence-corrected chi connectivity index (χ0v) is 22.6. The smallest absolute Gasteiger partial charge is 0.182 e. The highest BCUT2D eigenvalue weighted by atomic mass is 16.5. The lowest BCUT2D eigenvalue weighted by Gasteiger charge is -2.21. The molecule has 0 fully saturated rings. The van der Waals surface area contributed by atoms with Crippen LogP contribution in [-0.4, -0.2) is 16.0 Å². The van der Waals surface area contributed by atoms with Crippen LogP contribution in [0.4, 0.5) is 0 Å². The average molecular weight is 507 g/mol. The van der Waals surface area contributed by atoms with Crippen molar-refractivity contribution in [2.75, 3.05) is 0 Å². The molecule has 0 radical (unpaired) electrons. The van der Waals surface area contributed by atoms with Crippen molar-refractivity contribution in [2.45, 2.75) is 47.8 Å². The Hall–Kier alpha value is -4.15. The van der Waals surface area contributed by atoms with Gasteiger partial charge in [-0.1, -0.05) is 71.8 Å². The van der Waals surface area contributed by atoms with Crippen molar-refractivity contribution < 1.29 is 19.7 Å². The van der Waals surface area contributed by atoms with E-state index in [2.05, 4.69) is 12.1 Å². The summed E-state index contributed by atoms with van der Waals surface area (Å²) in [6.07, 6.45) is 4.26. The van der Waals surface area contributed by atoms with Crippen molar-refractivity contribution in [3.63, 3.8) is 0 Å². The van der Waals surface area contributed by atoms with Crippen molar-refractivity contribution >= 4 is 22.3 Å². The van der Waals surface area contributed by atoms with Crippen LogP contribution in [0.25, 0.3) is 27.7 Å². The Bertz CT molecular complexity index is 1560. The van der Waals surface area contributed by atoms with Gasteiger partial charge in [-0.25, -0.2) is 0 Å². The molecule has 0 atom stereocenters. The summed E-state index contributed by atoms with van der Waals surface area (Å²) in [5.41, 5.74) is 7.47. The molecule has 38 heavy (non-hydrogen) atoms. The molecule has 4 aromatic rings. The maximum absolute atomic E-state index is 12.3. The highest BCUT2D eigenvalue weighted by molar-refractivity contribution is 6.05. The number of aliphatic hydroxyl groups excluding tert-OH is 1. The van der Waals surface area contributed by atoms with Gasteiger partial charge in [0.25, 0.3) is 0 Å². The SMILES string of the molecule is C/C=C/C(=O)/C=C(\O)c1c(C)cc(C)cc1-c1c(COCc2ccccc2)cc2cc(C)cc(C)c2c1O. The molecular formula is C34H34O4. The lowest BCUT2D eigenvalue weighted by Crippen LogP contribution is -2.02. The van der Waals surface area contributed by atoms with Crippen LogP contribution in [0.3, 0.4) is 0 Å². The molecular weight excluding hydrogens is 472 g/mol. The minimum atomic E-state index is -0.309. The Morgan fingerprint density at radius 3 is 2.29 bits per heavy atom. The minimum Gasteiger partial charge on any atom is -0.507 e. The number of carbonyl (C=O) groups excluding carboxylic acids is 1. The van der Waals surface area contributed by atoms with E-state index in [4.69, 9.17) is 4.74 Å². The molecule has 0 saturated heterocycles. The number of ether oxygens (including phenoxy) is 1. The second-order valence-electron chi connectivity index (χ2n) is 9.85. The number of ketones is 1. The molecule has 4 nitrogen and oxygen atoms in total. The van der Waals surface area contributed by atoms with Crippen LogP contribution in [-0.2, 0) is 22.7 Å². The lowest BCUT2D eigenvalue weighted by atomic mass is 9.86. The number of carbonyl (C=O) groups is 1. The molecule has 0 aliphatic heterocycles. The Balaban J connectivity index is 1.95. The van der Waals surface area contributed by atoms with Gasteiger partial charge in [-0.3, -0.25) is 4.79 Å².